The first-order chi connectivity index (χ1) is 12.1. The number of hydrogen-bond acceptors (Lipinski definition) is 4. The van der Waals surface area contributed by atoms with Crippen LogP contribution in [0.5, 0.6) is 0 Å². The summed E-state index contributed by atoms with van der Waals surface area (Å²) in [6.45, 7) is 4.32. The van der Waals surface area contributed by atoms with Crippen LogP contribution in [0.1, 0.15) is 47.0 Å². The molecule has 0 spiro atoms. The molecule has 1 aliphatic carbocycles. The first-order valence-corrected chi connectivity index (χ1v) is 8.76. The number of carbonyl (C=O) groups excluding carboxylic acids is 1. The second kappa shape index (κ2) is 7.70. The van der Waals surface area contributed by atoms with Crippen molar-refractivity contribution in [3.63, 3.8) is 0 Å². The second-order valence-electron chi connectivity index (χ2n) is 6.49. The summed E-state index contributed by atoms with van der Waals surface area (Å²) in [7, 11) is 0. The van der Waals surface area contributed by atoms with Gasteiger partial charge in [-0.1, -0.05) is 29.4 Å². The van der Waals surface area contributed by atoms with Crippen molar-refractivity contribution in [3.8, 4) is 0 Å². The number of aliphatic hydroxyl groups excluding tert-OH is 1. The lowest BCUT2D eigenvalue weighted by molar-refractivity contribution is 0.144. The Hall–Kier alpha value is -2.34. The first kappa shape index (κ1) is 17.5. The maximum absolute atomic E-state index is 12.8. The third kappa shape index (κ3) is 3.69. The highest BCUT2D eigenvalue weighted by atomic mass is 16.5. The van der Waals surface area contributed by atoms with E-state index in [0.717, 1.165) is 36.3 Å². The molecule has 1 aromatic heterocycles. The van der Waals surface area contributed by atoms with Crippen molar-refractivity contribution in [1.29, 1.82) is 0 Å². The van der Waals surface area contributed by atoms with Gasteiger partial charge in [0.2, 0.25) is 0 Å². The molecule has 1 heterocycles. The van der Waals surface area contributed by atoms with Gasteiger partial charge in [-0.2, -0.15) is 0 Å². The van der Waals surface area contributed by atoms with Gasteiger partial charge in [0.15, 0.2) is 0 Å². The molecule has 0 radical (unpaired) electrons. The van der Waals surface area contributed by atoms with Gasteiger partial charge in [0, 0.05) is 18.7 Å². The Bertz CT molecular complexity index is 722. The molecular weight excluding hydrogens is 318 g/mol. The molecule has 1 unspecified atom stereocenters. The molecule has 6 heteroatoms. The maximum Gasteiger partial charge on any atom is 0.318 e. The number of nitrogens with one attached hydrogen (secondary N) is 1. The number of fused-ring (bicyclic) bond motifs is 1. The normalized spacial score (nSPS) is 16.4. The lowest BCUT2D eigenvalue weighted by Crippen LogP contribution is -2.44. The quantitative estimate of drug-likeness (QED) is 0.875. The van der Waals surface area contributed by atoms with E-state index in [9.17, 15) is 9.90 Å². The van der Waals surface area contributed by atoms with Crippen LogP contribution in [0.3, 0.4) is 0 Å². The van der Waals surface area contributed by atoms with Crippen molar-refractivity contribution < 1.29 is 14.4 Å². The Morgan fingerprint density at radius 2 is 2.20 bits per heavy atom. The predicted octanol–water partition coefficient (Wildman–Crippen LogP) is 2.87. The number of benzene rings is 1. The number of aliphatic hydroxyl groups is 1. The first-order valence-electron chi connectivity index (χ1n) is 8.76. The molecule has 6 nitrogen and oxygen atoms in total. The van der Waals surface area contributed by atoms with Crippen molar-refractivity contribution in [1.82, 2.24) is 15.4 Å². The smallest absolute Gasteiger partial charge is 0.318 e. The standard InChI is InChI=1S/C19H25N3O3/c1-13-17(14(2)25-21-13)12-20-19(24)22(10-11-23)18-9-5-7-15-6-3-4-8-16(15)18/h3-4,6,8,18,23H,5,7,9-12H2,1-2H3,(H,20,24). The van der Waals surface area contributed by atoms with Gasteiger partial charge in [0.05, 0.1) is 18.3 Å². The second-order valence-corrected chi connectivity index (χ2v) is 6.49. The number of nitrogens with zero attached hydrogens (tertiary/aromatic N) is 2. The molecule has 25 heavy (non-hydrogen) atoms. The summed E-state index contributed by atoms with van der Waals surface area (Å²) < 4.78 is 5.14. The van der Waals surface area contributed by atoms with E-state index in [-0.39, 0.29) is 18.7 Å². The highest BCUT2D eigenvalue weighted by Crippen LogP contribution is 2.34. The average Bonchev–Trinajstić information content (AvgIpc) is 2.95. The van der Waals surface area contributed by atoms with E-state index in [1.165, 1.54) is 11.1 Å². The van der Waals surface area contributed by atoms with Crippen molar-refractivity contribution in [2.24, 2.45) is 0 Å². The van der Waals surface area contributed by atoms with Crippen LogP contribution in [0.15, 0.2) is 28.8 Å². The number of aromatic nitrogens is 1. The number of urea groups is 1. The Morgan fingerprint density at radius 1 is 1.40 bits per heavy atom. The number of carbonyl (C=O) groups is 1. The van der Waals surface area contributed by atoms with E-state index in [1.54, 1.807) is 4.90 Å². The van der Waals surface area contributed by atoms with Gasteiger partial charge < -0.3 is 19.8 Å². The number of amides is 2. The van der Waals surface area contributed by atoms with Crippen LogP contribution in [0.25, 0.3) is 0 Å². The molecule has 0 saturated carbocycles. The van der Waals surface area contributed by atoms with Gasteiger partial charge in [0.25, 0.3) is 0 Å². The zero-order chi connectivity index (χ0) is 17.8. The van der Waals surface area contributed by atoms with Crippen LogP contribution in [0.4, 0.5) is 4.79 Å². The fraction of sp³-hybridized carbons (Fsp3) is 0.474. The predicted molar refractivity (Wildman–Crippen MR) is 94.1 cm³/mol. The molecular formula is C19H25N3O3. The van der Waals surface area contributed by atoms with E-state index in [1.807, 2.05) is 26.0 Å². The topological polar surface area (TPSA) is 78.6 Å². The van der Waals surface area contributed by atoms with Crippen molar-refractivity contribution in [2.45, 2.75) is 45.7 Å². The summed E-state index contributed by atoms with van der Waals surface area (Å²) in [6, 6.07) is 8.09. The van der Waals surface area contributed by atoms with Gasteiger partial charge in [-0.3, -0.25) is 0 Å². The van der Waals surface area contributed by atoms with E-state index in [2.05, 4.69) is 22.6 Å². The zero-order valence-electron chi connectivity index (χ0n) is 14.8. The summed E-state index contributed by atoms with van der Waals surface area (Å²) in [5.74, 6) is 0.717. The van der Waals surface area contributed by atoms with E-state index in [4.69, 9.17) is 4.52 Å². The molecule has 0 saturated heterocycles. The lowest BCUT2D eigenvalue weighted by atomic mass is 9.87. The van der Waals surface area contributed by atoms with Crippen LogP contribution in [-0.4, -0.2) is 34.3 Å². The fourth-order valence-corrected chi connectivity index (χ4v) is 3.58. The Labute approximate surface area is 147 Å². The third-order valence-electron chi connectivity index (χ3n) is 4.91. The number of aryl methyl sites for hydroxylation is 3. The summed E-state index contributed by atoms with van der Waals surface area (Å²) in [5, 5.41) is 16.3. The molecule has 1 aliphatic rings. The molecule has 2 N–H and O–H groups in total. The van der Waals surface area contributed by atoms with Crippen LogP contribution in [0.2, 0.25) is 0 Å². The summed E-state index contributed by atoms with van der Waals surface area (Å²) in [6.07, 6.45) is 3.00. The van der Waals surface area contributed by atoms with Crippen LogP contribution >= 0.6 is 0 Å². The molecule has 2 aromatic rings. The largest absolute Gasteiger partial charge is 0.395 e. The summed E-state index contributed by atoms with van der Waals surface area (Å²) in [4.78, 5) is 14.6. The Morgan fingerprint density at radius 3 is 2.92 bits per heavy atom. The molecule has 0 fully saturated rings. The van der Waals surface area contributed by atoms with Gasteiger partial charge in [0.1, 0.15) is 5.76 Å². The summed E-state index contributed by atoms with van der Waals surface area (Å²) >= 11 is 0. The molecule has 3 rings (SSSR count). The average molecular weight is 343 g/mol. The molecule has 2 amide bonds. The fourth-order valence-electron chi connectivity index (χ4n) is 3.58. The van der Waals surface area contributed by atoms with Crippen LogP contribution in [0, 0.1) is 13.8 Å². The molecule has 134 valence electrons. The van der Waals surface area contributed by atoms with Crippen LogP contribution in [-0.2, 0) is 13.0 Å². The van der Waals surface area contributed by atoms with Gasteiger partial charge >= 0.3 is 6.03 Å². The SMILES string of the molecule is Cc1noc(C)c1CNC(=O)N(CCO)C1CCCc2ccccc21. The number of hydrogen-bond donors (Lipinski definition) is 2. The van der Waals surface area contributed by atoms with E-state index < -0.39 is 0 Å². The van der Waals surface area contributed by atoms with Crippen molar-refractivity contribution in [3.05, 3.63) is 52.4 Å². The molecule has 1 aromatic carbocycles. The van der Waals surface area contributed by atoms with E-state index >= 15 is 0 Å². The van der Waals surface area contributed by atoms with E-state index in [0.29, 0.717) is 13.1 Å². The summed E-state index contributed by atoms with van der Waals surface area (Å²) in [5.41, 5.74) is 4.17. The monoisotopic (exact) mass is 343 g/mol. The van der Waals surface area contributed by atoms with Crippen LogP contribution < -0.4 is 5.32 Å². The maximum atomic E-state index is 12.8. The highest BCUT2D eigenvalue weighted by molar-refractivity contribution is 5.75. The Kier molecular flexibility index (Phi) is 5.38. The molecule has 0 aliphatic heterocycles. The minimum atomic E-state index is -0.171. The lowest BCUT2D eigenvalue weighted by Gasteiger charge is -2.35. The van der Waals surface area contributed by atoms with Gasteiger partial charge in [-0.05, 0) is 44.2 Å². The van der Waals surface area contributed by atoms with Crippen molar-refractivity contribution in [2.75, 3.05) is 13.2 Å². The minimum Gasteiger partial charge on any atom is -0.395 e. The zero-order valence-corrected chi connectivity index (χ0v) is 14.8. The third-order valence-corrected chi connectivity index (χ3v) is 4.91. The Balaban J connectivity index is 1.76. The van der Waals surface area contributed by atoms with Gasteiger partial charge in [-0.25, -0.2) is 4.79 Å². The van der Waals surface area contributed by atoms with Crippen molar-refractivity contribution >= 4 is 6.03 Å². The number of rotatable bonds is 5. The minimum absolute atomic E-state index is 0.00164. The molecule has 1 atom stereocenters. The highest BCUT2D eigenvalue weighted by Gasteiger charge is 2.29. The van der Waals surface area contributed by atoms with Gasteiger partial charge in [-0.15, -0.1) is 0 Å². The molecule has 0 bridgehead atoms.